The highest BCUT2D eigenvalue weighted by atomic mass is 19.1. The monoisotopic (exact) mass is 400 g/mol. The molecule has 0 spiro atoms. The van der Waals surface area contributed by atoms with Gasteiger partial charge < -0.3 is 15.0 Å². The first-order valence-electron chi connectivity index (χ1n) is 9.76. The number of rotatable bonds is 5. The molecule has 0 radical (unpaired) electrons. The average molecular weight is 400 g/mol. The lowest BCUT2D eigenvalue weighted by molar-refractivity contribution is -0.117. The third kappa shape index (κ3) is 5.64. The fourth-order valence-corrected chi connectivity index (χ4v) is 3.53. The lowest BCUT2D eigenvalue weighted by atomic mass is 10.1. The average Bonchev–Trinajstić information content (AvgIpc) is 2.68. The Labute approximate surface area is 170 Å². The number of nitrogens with one attached hydrogen (secondary N) is 1. The summed E-state index contributed by atoms with van der Waals surface area (Å²) in [6.07, 6.45) is 2.80. The molecule has 0 aliphatic carbocycles. The van der Waals surface area contributed by atoms with E-state index < -0.39 is 11.6 Å². The van der Waals surface area contributed by atoms with Crippen molar-refractivity contribution in [1.82, 2.24) is 5.32 Å². The van der Waals surface area contributed by atoms with E-state index in [2.05, 4.69) is 36.2 Å². The van der Waals surface area contributed by atoms with Crippen LogP contribution in [0.2, 0.25) is 0 Å². The summed E-state index contributed by atoms with van der Waals surface area (Å²) in [4.78, 5) is 14.5. The lowest BCUT2D eigenvalue weighted by Gasteiger charge is -2.37. The molecular formula is C23H26F2N2O2. The Morgan fingerprint density at radius 2 is 1.90 bits per heavy atom. The van der Waals surface area contributed by atoms with Gasteiger partial charge in [-0.15, -0.1) is 0 Å². The predicted octanol–water partition coefficient (Wildman–Crippen LogP) is 4.47. The molecule has 1 amide bonds. The Morgan fingerprint density at radius 3 is 2.62 bits per heavy atom. The molecule has 1 aliphatic heterocycles. The zero-order chi connectivity index (χ0) is 21.0. The molecule has 2 aromatic carbocycles. The van der Waals surface area contributed by atoms with Gasteiger partial charge in [-0.1, -0.05) is 12.1 Å². The number of anilines is 1. The van der Waals surface area contributed by atoms with Gasteiger partial charge in [0, 0.05) is 30.4 Å². The second-order valence-corrected chi connectivity index (χ2v) is 7.49. The number of ether oxygens (including phenoxy) is 1. The van der Waals surface area contributed by atoms with Gasteiger partial charge in [-0.25, -0.2) is 8.78 Å². The molecule has 1 fully saturated rings. The van der Waals surface area contributed by atoms with E-state index in [-0.39, 0.29) is 29.7 Å². The maximum atomic E-state index is 13.7. The van der Waals surface area contributed by atoms with Crippen LogP contribution in [0.1, 0.15) is 37.9 Å². The van der Waals surface area contributed by atoms with Gasteiger partial charge in [-0.2, -0.15) is 0 Å². The molecule has 0 unspecified atom stereocenters. The van der Waals surface area contributed by atoms with Gasteiger partial charge in [0.2, 0.25) is 5.91 Å². The Balaban J connectivity index is 1.66. The fraction of sp³-hybridized carbons (Fsp3) is 0.348. The van der Waals surface area contributed by atoms with Crippen LogP contribution in [0.3, 0.4) is 0 Å². The number of amides is 1. The molecule has 1 saturated heterocycles. The zero-order valence-electron chi connectivity index (χ0n) is 16.9. The van der Waals surface area contributed by atoms with E-state index in [4.69, 9.17) is 4.74 Å². The van der Waals surface area contributed by atoms with Crippen molar-refractivity contribution in [2.45, 2.75) is 39.0 Å². The molecule has 6 heteroatoms. The Morgan fingerprint density at radius 1 is 1.17 bits per heavy atom. The summed E-state index contributed by atoms with van der Waals surface area (Å²) < 4.78 is 32.7. The third-order valence-corrected chi connectivity index (χ3v) is 4.89. The summed E-state index contributed by atoms with van der Waals surface area (Å²) in [7, 11) is 0. The van der Waals surface area contributed by atoms with E-state index in [0.29, 0.717) is 0 Å². The zero-order valence-corrected chi connectivity index (χ0v) is 16.9. The first-order valence-corrected chi connectivity index (χ1v) is 9.76. The number of nitrogens with zero attached hydrogens (tertiary/aromatic N) is 1. The van der Waals surface area contributed by atoms with Crippen LogP contribution in [0.25, 0.3) is 6.08 Å². The largest absolute Gasteiger partial charge is 0.372 e. The van der Waals surface area contributed by atoms with Crippen LogP contribution < -0.4 is 10.2 Å². The second-order valence-electron chi connectivity index (χ2n) is 7.49. The number of halogens is 2. The van der Waals surface area contributed by atoms with E-state index in [1.165, 1.54) is 12.2 Å². The summed E-state index contributed by atoms with van der Waals surface area (Å²) in [5.74, 6) is -1.51. The standard InChI is InChI=1S/C23H26F2N2O2/c1-15-13-27(14-16(2)29-15)21-6-4-5-18(12-21)17(3)26-23(28)10-7-19-11-20(24)8-9-22(19)25/h4-12,15-17H,13-14H2,1-3H3,(H,26,28)/t15-,16+,17-/m0/s1. The van der Waals surface area contributed by atoms with Gasteiger partial charge in [-0.3, -0.25) is 4.79 Å². The van der Waals surface area contributed by atoms with E-state index in [1.54, 1.807) is 0 Å². The number of carbonyl (C=O) groups is 1. The topological polar surface area (TPSA) is 41.6 Å². The number of hydrogen-bond donors (Lipinski definition) is 1. The molecular weight excluding hydrogens is 374 g/mol. The van der Waals surface area contributed by atoms with Crippen molar-refractivity contribution >= 4 is 17.7 Å². The minimum Gasteiger partial charge on any atom is -0.372 e. The summed E-state index contributed by atoms with van der Waals surface area (Å²) in [5, 5.41) is 2.86. The SMILES string of the molecule is C[C@@H]1CN(c2cccc([C@H](C)NC(=O)C=Cc3cc(F)ccc3F)c2)C[C@H](C)O1. The minimum atomic E-state index is -0.579. The molecule has 1 N–H and O–H groups in total. The maximum Gasteiger partial charge on any atom is 0.244 e. The maximum absolute atomic E-state index is 13.7. The molecule has 2 aromatic rings. The molecule has 154 valence electrons. The van der Waals surface area contributed by atoms with Gasteiger partial charge in [0.1, 0.15) is 11.6 Å². The smallest absolute Gasteiger partial charge is 0.244 e. The van der Waals surface area contributed by atoms with E-state index >= 15 is 0 Å². The van der Waals surface area contributed by atoms with Crippen molar-refractivity contribution in [3.63, 3.8) is 0 Å². The van der Waals surface area contributed by atoms with Gasteiger partial charge in [0.15, 0.2) is 0 Å². The molecule has 3 atom stereocenters. The number of carbonyl (C=O) groups excluding carboxylic acids is 1. The third-order valence-electron chi connectivity index (χ3n) is 4.89. The second kappa shape index (κ2) is 9.18. The molecule has 4 nitrogen and oxygen atoms in total. The van der Waals surface area contributed by atoms with Crippen LogP contribution >= 0.6 is 0 Å². The number of morpholine rings is 1. The minimum absolute atomic E-state index is 0.0327. The van der Waals surface area contributed by atoms with Crippen molar-refractivity contribution < 1.29 is 18.3 Å². The predicted molar refractivity (Wildman–Crippen MR) is 111 cm³/mol. The highest BCUT2D eigenvalue weighted by Gasteiger charge is 2.22. The van der Waals surface area contributed by atoms with Crippen molar-refractivity contribution in [2.75, 3.05) is 18.0 Å². The normalized spacial score (nSPS) is 20.7. The first kappa shape index (κ1) is 21.0. The van der Waals surface area contributed by atoms with Crippen LogP contribution in [-0.4, -0.2) is 31.2 Å². The molecule has 0 saturated carbocycles. The van der Waals surface area contributed by atoms with Crippen LogP contribution in [0.15, 0.2) is 48.5 Å². The van der Waals surface area contributed by atoms with Gasteiger partial charge >= 0.3 is 0 Å². The fourth-order valence-electron chi connectivity index (χ4n) is 3.53. The van der Waals surface area contributed by atoms with E-state index in [9.17, 15) is 13.6 Å². The first-order chi connectivity index (χ1) is 13.8. The highest BCUT2D eigenvalue weighted by molar-refractivity contribution is 5.92. The van der Waals surface area contributed by atoms with Gasteiger partial charge in [-0.05, 0) is 62.7 Å². The van der Waals surface area contributed by atoms with E-state index in [1.807, 2.05) is 19.1 Å². The van der Waals surface area contributed by atoms with Crippen LogP contribution in [0.5, 0.6) is 0 Å². The quantitative estimate of drug-likeness (QED) is 0.753. The molecule has 1 aliphatic rings. The van der Waals surface area contributed by atoms with Crippen molar-refractivity contribution in [2.24, 2.45) is 0 Å². The Bertz CT molecular complexity index is 890. The van der Waals surface area contributed by atoms with Crippen LogP contribution in [0.4, 0.5) is 14.5 Å². The molecule has 0 bridgehead atoms. The highest BCUT2D eigenvalue weighted by Crippen LogP contribution is 2.24. The van der Waals surface area contributed by atoms with E-state index in [0.717, 1.165) is 42.5 Å². The number of hydrogen-bond acceptors (Lipinski definition) is 3. The molecule has 29 heavy (non-hydrogen) atoms. The van der Waals surface area contributed by atoms with Gasteiger partial charge in [0.25, 0.3) is 0 Å². The molecule has 0 aromatic heterocycles. The lowest BCUT2D eigenvalue weighted by Crippen LogP contribution is -2.45. The molecule has 1 heterocycles. The summed E-state index contributed by atoms with van der Waals surface area (Å²) >= 11 is 0. The number of benzene rings is 2. The van der Waals surface area contributed by atoms with Gasteiger partial charge in [0.05, 0.1) is 18.2 Å². The molecule has 3 rings (SSSR count). The Kier molecular flexibility index (Phi) is 6.64. The van der Waals surface area contributed by atoms with Crippen LogP contribution in [0, 0.1) is 11.6 Å². The van der Waals surface area contributed by atoms with Crippen molar-refractivity contribution in [1.29, 1.82) is 0 Å². The van der Waals surface area contributed by atoms with Crippen LogP contribution in [-0.2, 0) is 9.53 Å². The van der Waals surface area contributed by atoms with Crippen molar-refractivity contribution in [3.05, 3.63) is 71.3 Å². The summed E-state index contributed by atoms with van der Waals surface area (Å²) in [5.41, 5.74) is 2.08. The summed E-state index contributed by atoms with van der Waals surface area (Å²) in [6.45, 7) is 7.64. The Hall–Kier alpha value is -2.73. The summed E-state index contributed by atoms with van der Waals surface area (Å²) in [6, 6.07) is 10.9. The van der Waals surface area contributed by atoms with Crippen molar-refractivity contribution in [3.8, 4) is 0 Å².